The van der Waals surface area contributed by atoms with Gasteiger partial charge in [0.15, 0.2) is 18.1 Å². The van der Waals surface area contributed by atoms with Crippen LogP contribution in [-0.4, -0.2) is 45.7 Å². The number of ether oxygens (including phenoxy) is 3. The summed E-state index contributed by atoms with van der Waals surface area (Å²) >= 11 is 0. The number of hydrogen-bond donors (Lipinski definition) is 1. The van der Waals surface area contributed by atoms with Crippen LogP contribution in [0.15, 0.2) is 42.5 Å². The highest BCUT2D eigenvalue weighted by atomic mass is 16.5. The molecule has 164 valence electrons. The van der Waals surface area contributed by atoms with Crippen LogP contribution in [0.4, 0.5) is 11.4 Å². The molecule has 0 radical (unpaired) electrons. The van der Waals surface area contributed by atoms with Gasteiger partial charge in [-0.3, -0.25) is 9.59 Å². The molecule has 2 aromatic rings. The number of amides is 2. The van der Waals surface area contributed by atoms with E-state index in [2.05, 4.69) is 5.32 Å². The molecule has 0 spiro atoms. The number of carbonyl (C=O) groups excluding carboxylic acids is 3. The first-order chi connectivity index (χ1) is 14.8. The van der Waals surface area contributed by atoms with E-state index in [0.29, 0.717) is 23.1 Å². The third kappa shape index (κ3) is 5.14. The molecule has 8 nitrogen and oxygen atoms in total. The van der Waals surface area contributed by atoms with Crippen LogP contribution in [0.3, 0.4) is 0 Å². The van der Waals surface area contributed by atoms with Crippen molar-refractivity contribution < 1.29 is 28.6 Å². The maximum atomic E-state index is 12.8. The van der Waals surface area contributed by atoms with E-state index in [1.165, 1.54) is 31.3 Å². The van der Waals surface area contributed by atoms with Gasteiger partial charge in [-0.05, 0) is 24.5 Å². The van der Waals surface area contributed by atoms with Crippen molar-refractivity contribution in [2.24, 2.45) is 11.8 Å². The smallest absolute Gasteiger partial charge is 0.340 e. The van der Waals surface area contributed by atoms with Crippen molar-refractivity contribution in [3.8, 4) is 11.5 Å². The summed E-state index contributed by atoms with van der Waals surface area (Å²) in [4.78, 5) is 39.1. The molecular formula is C23H26N2O6. The lowest BCUT2D eigenvalue weighted by Crippen LogP contribution is -2.31. The first-order valence-electron chi connectivity index (χ1n) is 9.91. The molecule has 1 N–H and O–H groups in total. The minimum atomic E-state index is -0.755. The number of esters is 1. The van der Waals surface area contributed by atoms with Crippen LogP contribution < -0.4 is 19.7 Å². The monoisotopic (exact) mass is 426 g/mol. The summed E-state index contributed by atoms with van der Waals surface area (Å²) < 4.78 is 15.8. The molecule has 0 bridgehead atoms. The molecule has 31 heavy (non-hydrogen) atoms. The van der Waals surface area contributed by atoms with Gasteiger partial charge in [0.25, 0.3) is 5.91 Å². The molecule has 8 heteroatoms. The summed E-state index contributed by atoms with van der Waals surface area (Å²) in [6.07, 6.45) is 0.805. The van der Waals surface area contributed by atoms with Gasteiger partial charge in [-0.2, -0.15) is 0 Å². The number of nitrogens with one attached hydrogen (secondary N) is 1. The van der Waals surface area contributed by atoms with Crippen molar-refractivity contribution in [2.75, 3.05) is 38.1 Å². The molecule has 0 saturated heterocycles. The Hall–Kier alpha value is -3.55. The zero-order valence-electron chi connectivity index (χ0n) is 18.0. The van der Waals surface area contributed by atoms with E-state index in [4.69, 9.17) is 14.2 Å². The Morgan fingerprint density at radius 1 is 1.06 bits per heavy atom. The van der Waals surface area contributed by atoms with Crippen molar-refractivity contribution in [1.29, 1.82) is 0 Å². The molecule has 0 heterocycles. The van der Waals surface area contributed by atoms with Crippen molar-refractivity contribution >= 4 is 29.2 Å². The van der Waals surface area contributed by atoms with Gasteiger partial charge in [0.05, 0.1) is 25.5 Å². The molecule has 1 saturated carbocycles. The molecular weight excluding hydrogens is 400 g/mol. The Labute approximate surface area is 181 Å². The molecule has 1 aliphatic rings. The maximum absolute atomic E-state index is 12.8. The van der Waals surface area contributed by atoms with Crippen molar-refractivity contribution in [3.05, 3.63) is 48.0 Å². The van der Waals surface area contributed by atoms with E-state index < -0.39 is 18.5 Å². The van der Waals surface area contributed by atoms with E-state index in [9.17, 15) is 14.4 Å². The molecule has 1 aliphatic carbocycles. The third-order valence-corrected chi connectivity index (χ3v) is 5.29. The average molecular weight is 426 g/mol. The van der Waals surface area contributed by atoms with Gasteiger partial charge in [-0.1, -0.05) is 25.1 Å². The first kappa shape index (κ1) is 22.1. The molecule has 0 aliphatic heterocycles. The van der Waals surface area contributed by atoms with Crippen LogP contribution in [0, 0.1) is 11.8 Å². The molecule has 3 rings (SSSR count). The first-order valence-corrected chi connectivity index (χ1v) is 9.91. The molecule has 0 aromatic heterocycles. The van der Waals surface area contributed by atoms with Gasteiger partial charge < -0.3 is 24.4 Å². The van der Waals surface area contributed by atoms with Gasteiger partial charge in [0, 0.05) is 30.8 Å². The second-order valence-corrected chi connectivity index (χ2v) is 7.43. The van der Waals surface area contributed by atoms with Gasteiger partial charge in [-0.25, -0.2) is 4.79 Å². The highest BCUT2D eigenvalue weighted by molar-refractivity contribution is 6.04. The lowest BCUT2D eigenvalue weighted by Gasteiger charge is -2.18. The maximum Gasteiger partial charge on any atom is 0.340 e. The van der Waals surface area contributed by atoms with E-state index in [1.54, 1.807) is 19.2 Å². The van der Waals surface area contributed by atoms with Crippen molar-refractivity contribution in [2.45, 2.75) is 13.3 Å². The predicted octanol–water partition coefficient (Wildman–Crippen LogP) is 3.12. The average Bonchev–Trinajstić information content (AvgIpc) is 3.53. The fourth-order valence-corrected chi connectivity index (χ4v) is 3.16. The number of para-hydroxylation sites is 1. The van der Waals surface area contributed by atoms with Gasteiger partial charge >= 0.3 is 5.97 Å². The van der Waals surface area contributed by atoms with Crippen LogP contribution >= 0.6 is 0 Å². The quantitative estimate of drug-likeness (QED) is 0.652. The minimum Gasteiger partial charge on any atom is -0.493 e. The molecule has 2 atom stereocenters. The summed E-state index contributed by atoms with van der Waals surface area (Å²) in [5, 5.41) is 2.78. The second kappa shape index (κ2) is 9.51. The lowest BCUT2D eigenvalue weighted by atomic mass is 10.1. The van der Waals surface area contributed by atoms with E-state index in [1.807, 2.05) is 25.1 Å². The fourth-order valence-electron chi connectivity index (χ4n) is 3.16. The molecule has 1 fully saturated rings. The third-order valence-electron chi connectivity index (χ3n) is 5.29. The van der Waals surface area contributed by atoms with Crippen LogP contribution in [0.1, 0.15) is 23.7 Å². The van der Waals surface area contributed by atoms with Gasteiger partial charge in [0.2, 0.25) is 5.91 Å². The van der Waals surface area contributed by atoms with E-state index in [-0.39, 0.29) is 23.1 Å². The Balaban J connectivity index is 1.76. The van der Waals surface area contributed by atoms with Gasteiger partial charge in [-0.15, -0.1) is 0 Å². The summed E-state index contributed by atoms with van der Waals surface area (Å²) in [5.41, 5.74) is 1.01. The number of hydrogen-bond acceptors (Lipinski definition) is 6. The van der Waals surface area contributed by atoms with Crippen LogP contribution in [-0.2, 0) is 14.3 Å². The Morgan fingerprint density at radius 3 is 2.26 bits per heavy atom. The van der Waals surface area contributed by atoms with E-state index in [0.717, 1.165) is 6.42 Å². The number of methoxy groups -OCH3 is 2. The highest BCUT2D eigenvalue weighted by Crippen LogP contribution is 2.40. The summed E-state index contributed by atoms with van der Waals surface area (Å²) in [6, 6.07) is 12.0. The molecule has 2 amide bonds. The number of anilines is 2. The predicted molar refractivity (Wildman–Crippen MR) is 116 cm³/mol. The van der Waals surface area contributed by atoms with Crippen molar-refractivity contribution in [3.63, 3.8) is 0 Å². The number of rotatable bonds is 8. The SMILES string of the molecule is COc1cc(NC(=O)C2CC2C)c(C(=O)OCC(=O)N(C)c2ccccc2)cc1OC. The number of nitrogens with zero attached hydrogens (tertiary/aromatic N) is 1. The highest BCUT2D eigenvalue weighted by Gasteiger charge is 2.39. The Kier molecular flexibility index (Phi) is 6.79. The van der Waals surface area contributed by atoms with E-state index >= 15 is 0 Å². The topological polar surface area (TPSA) is 94.2 Å². The second-order valence-electron chi connectivity index (χ2n) is 7.43. The van der Waals surface area contributed by atoms with Crippen molar-refractivity contribution in [1.82, 2.24) is 0 Å². The molecule has 2 aromatic carbocycles. The zero-order valence-corrected chi connectivity index (χ0v) is 18.0. The van der Waals surface area contributed by atoms with Crippen LogP contribution in [0.5, 0.6) is 11.5 Å². The Bertz CT molecular complexity index is 976. The van der Waals surface area contributed by atoms with Gasteiger partial charge in [0.1, 0.15) is 0 Å². The summed E-state index contributed by atoms with van der Waals surface area (Å²) in [5.74, 6) is -0.432. The molecule has 2 unspecified atom stereocenters. The van der Waals surface area contributed by atoms with Crippen LogP contribution in [0.25, 0.3) is 0 Å². The largest absolute Gasteiger partial charge is 0.493 e. The number of likely N-dealkylation sites (N-methyl/N-ethyl adjacent to an activating group) is 1. The minimum absolute atomic E-state index is 0.0782. The Morgan fingerprint density at radius 2 is 1.68 bits per heavy atom. The number of carbonyl (C=O) groups is 3. The normalized spacial score (nSPS) is 16.8. The number of benzene rings is 2. The zero-order chi connectivity index (χ0) is 22.5. The fraction of sp³-hybridized carbons (Fsp3) is 0.348. The van der Waals surface area contributed by atoms with Crippen LogP contribution in [0.2, 0.25) is 0 Å². The summed E-state index contributed by atoms with van der Waals surface area (Å²) in [6.45, 7) is 1.54. The standard InChI is InChI=1S/C23H26N2O6/c1-14-10-16(14)22(27)24-18-12-20(30-4)19(29-3)11-17(18)23(28)31-13-21(26)25(2)15-8-6-5-7-9-15/h5-9,11-12,14,16H,10,13H2,1-4H3,(H,24,27). The summed E-state index contributed by atoms with van der Waals surface area (Å²) in [7, 11) is 4.50. The lowest BCUT2D eigenvalue weighted by molar-refractivity contribution is -0.121.